The van der Waals surface area contributed by atoms with Crippen LogP contribution in [-0.2, 0) is 0 Å². The van der Waals surface area contributed by atoms with Crippen LogP contribution < -0.4 is 0 Å². The lowest BCUT2D eigenvalue weighted by molar-refractivity contribution is 0.953. The maximum Gasteiger partial charge on any atom is -0.0270 e. The summed E-state index contributed by atoms with van der Waals surface area (Å²) in [5.41, 5.74) is 4.72. The van der Waals surface area contributed by atoms with Crippen molar-refractivity contribution in [1.29, 1.82) is 0 Å². The predicted octanol–water partition coefficient (Wildman–Crippen LogP) is 4.81. The summed E-state index contributed by atoms with van der Waals surface area (Å²) in [6.07, 6.45) is 6.70. The summed E-state index contributed by atoms with van der Waals surface area (Å²) in [5.74, 6) is 0. The van der Waals surface area contributed by atoms with Gasteiger partial charge in [0.25, 0.3) is 0 Å². The maximum absolute atomic E-state index is 3.98. The molecule has 0 unspecified atom stereocenters. The van der Waals surface area contributed by atoms with Gasteiger partial charge in [0.05, 0.1) is 0 Å². The van der Waals surface area contributed by atoms with Gasteiger partial charge in [0.15, 0.2) is 0 Å². The van der Waals surface area contributed by atoms with E-state index in [0.29, 0.717) is 0 Å². The van der Waals surface area contributed by atoms with Crippen LogP contribution in [0.1, 0.15) is 40.5 Å². The van der Waals surface area contributed by atoms with E-state index in [9.17, 15) is 0 Å². The second-order valence-electron chi connectivity index (χ2n) is 3.84. The fourth-order valence-electron chi connectivity index (χ4n) is 1.01. The average Bonchev–Trinajstić information content (AvgIpc) is 2.10. The second-order valence-corrected chi connectivity index (χ2v) is 3.84. The highest BCUT2D eigenvalue weighted by molar-refractivity contribution is 5.42. The van der Waals surface area contributed by atoms with Crippen molar-refractivity contribution in [3.63, 3.8) is 0 Å². The van der Waals surface area contributed by atoms with Gasteiger partial charge < -0.3 is 0 Å². The molecule has 0 aliphatic rings. The molecule has 0 aliphatic carbocycles. The SMILES string of the molecule is C=C(C)C(=C\CCC)/C=C(\C)C(=C)C. The van der Waals surface area contributed by atoms with Crippen molar-refractivity contribution < 1.29 is 0 Å². The maximum atomic E-state index is 3.98. The summed E-state index contributed by atoms with van der Waals surface area (Å²) >= 11 is 0. The number of hydrogen-bond acceptors (Lipinski definition) is 0. The summed E-state index contributed by atoms with van der Waals surface area (Å²) in [6.45, 7) is 16.2. The van der Waals surface area contributed by atoms with E-state index < -0.39 is 0 Å². The van der Waals surface area contributed by atoms with E-state index in [4.69, 9.17) is 0 Å². The lowest BCUT2D eigenvalue weighted by atomic mass is 10.0. The Morgan fingerprint density at radius 3 is 2.00 bits per heavy atom. The van der Waals surface area contributed by atoms with E-state index >= 15 is 0 Å². The molecule has 0 fully saturated rings. The molecule has 0 radical (unpaired) electrons. The van der Waals surface area contributed by atoms with Gasteiger partial charge in [-0.3, -0.25) is 0 Å². The molecule has 0 saturated heterocycles. The van der Waals surface area contributed by atoms with E-state index in [2.05, 4.69) is 39.2 Å². The second kappa shape index (κ2) is 6.42. The van der Waals surface area contributed by atoms with Crippen LogP contribution in [-0.4, -0.2) is 0 Å². The number of unbranched alkanes of at least 4 members (excludes halogenated alkanes) is 1. The van der Waals surface area contributed by atoms with Crippen LogP contribution in [0.3, 0.4) is 0 Å². The minimum absolute atomic E-state index is 1.11. The molecular weight excluding hydrogens is 168 g/mol. The fraction of sp³-hybridized carbons (Fsp3) is 0.429. The molecule has 0 heteroatoms. The monoisotopic (exact) mass is 190 g/mol. The van der Waals surface area contributed by atoms with Crippen molar-refractivity contribution in [2.45, 2.75) is 40.5 Å². The Morgan fingerprint density at radius 1 is 1.07 bits per heavy atom. The summed E-state index contributed by atoms with van der Waals surface area (Å²) < 4.78 is 0. The van der Waals surface area contributed by atoms with Crippen LogP contribution in [0.25, 0.3) is 0 Å². The highest BCUT2D eigenvalue weighted by atomic mass is 14.0. The van der Waals surface area contributed by atoms with E-state index in [0.717, 1.165) is 17.6 Å². The lowest BCUT2D eigenvalue weighted by Crippen LogP contribution is -1.84. The quantitative estimate of drug-likeness (QED) is 0.546. The number of rotatable bonds is 5. The van der Waals surface area contributed by atoms with Crippen molar-refractivity contribution in [2.75, 3.05) is 0 Å². The van der Waals surface area contributed by atoms with Crippen molar-refractivity contribution in [2.24, 2.45) is 0 Å². The van der Waals surface area contributed by atoms with Gasteiger partial charge in [0.1, 0.15) is 0 Å². The zero-order valence-electron chi connectivity index (χ0n) is 9.98. The third kappa shape index (κ3) is 4.86. The van der Waals surface area contributed by atoms with Crippen LogP contribution in [0, 0.1) is 0 Å². The number of allylic oxidation sites excluding steroid dienone is 6. The van der Waals surface area contributed by atoms with Crippen LogP contribution in [0.5, 0.6) is 0 Å². The Labute approximate surface area is 88.7 Å². The summed E-state index contributed by atoms with van der Waals surface area (Å²) in [7, 11) is 0. The third-order valence-corrected chi connectivity index (χ3v) is 2.19. The Balaban J connectivity index is 4.77. The Kier molecular flexibility index (Phi) is 5.94. The summed E-state index contributed by atoms with van der Waals surface area (Å²) in [4.78, 5) is 0. The van der Waals surface area contributed by atoms with E-state index in [-0.39, 0.29) is 0 Å². The Morgan fingerprint density at radius 2 is 1.64 bits per heavy atom. The molecule has 0 nitrogen and oxygen atoms in total. The molecule has 0 aliphatic heterocycles. The molecular formula is C14H22. The molecule has 78 valence electrons. The van der Waals surface area contributed by atoms with E-state index in [1.165, 1.54) is 17.6 Å². The Hall–Kier alpha value is -1.04. The van der Waals surface area contributed by atoms with Gasteiger partial charge in [-0.1, -0.05) is 49.8 Å². The molecule has 0 rings (SSSR count). The van der Waals surface area contributed by atoms with Crippen molar-refractivity contribution in [3.8, 4) is 0 Å². The van der Waals surface area contributed by atoms with Crippen LogP contribution in [0.4, 0.5) is 0 Å². The molecule has 0 heterocycles. The molecule has 0 bridgehead atoms. The molecule has 0 aromatic heterocycles. The van der Waals surface area contributed by atoms with Gasteiger partial charge >= 0.3 is 0 Å². The van der Waals surface area contributed by atoms with Crippen molar-refractivity contribution >= 4 is 0 Å². The minimum Gasteiger partial charge on any atom is -0.0958 e. The molecule has 0 N–H and O–H groups in total. The fourth-order valence-corrected chi connectivity index (χ4v) is 1.01. The summed E-state index contributed by atoms with van der Waals surface area (Å²) in [5, 5.41) is 0. The average molecular weight is 190 g/mol. The van der Waals surface area contributed by atoms with E-state index in [1.54, 1.807) is 0 Å². The van der Waals surface area contributed by atoms with Crippen LogP contribution in [0.2, 0.25) is 0 Å². The molecule has 0 saturated carbocycles. The van der Waals surface area contributed by atoms with Crippen molar-refractivity contribution in [1.82, 2.24) is 0 Å². The first-order valence-corrected chi connectivity index (χ1v) is 5.19. The smallest absolute Gasteiger partial charge is 0.0270 e. The molecule has 0 atom stereocenters. The van der Waals surface area contributed by atoms with Gasteiger partial charge in [-0.05, 0) is 38.3 Å². The van der Waals surface area contributed by atoms with Crippen LogP contribution in [0.15, 0.2) is 47.6 Å². The lowest BCUT2D eigenvalue weighted by Gasteiger charge is -2.04. The normalized spacial score (nSPS) is 12.9. The summed E-state index contributed by atoms with van der Waals surface area (Å²) in [6, 6.07) is 0. The van der Waals surface area contributed by atoms with Gasteiger partial charge in [0, 0.05) is 0 Å². The number of hydrogen-bond donors (Lipinski definition) is 0. The highest BCUT2D eigenvalue weighted by Gasteiger charge is 1.96. The first kappa shape index (κ1) is 13.0. The van der Waals surface area contributed by atoms with Gasteiger partial charge in [-0.15, -0.1) is 0 Å². The highest BCUT2D eigenvalue weighted by Crippen LogP contribution is 2.16. The zero-order valence-corrected chi connectivity index (χ0v) is 9.98. The molecule has 0 aromatic carbocycles. The topological polar surface area (TPSA) is 0 Å². The zero-order chi connectivity index (χ0) is 11.1. The first-order chi connectivity index (χ1) is 6.49. The molecule has 0 amide bonds. The first-order valence-electron chi connectivity index (χ1n) is 5.19. The van der Waals surface area contributed by atoms with Crippen LogP contribution >= 0.6 is 0 Å². The molecule has 0 spiro atoms. The molecule has 14 heavy (non-hydrogen) atoms. The minimum atomic E-state index is 1.11. The van der Waals surface area contributed by atoms with Gasteiger partial charge in [0.2, 0.25) is 0 Å². The van der Waals surface area contributed by atoms with E-state index in [1.807, 2.05) is 13.8 Å². The predicted molar refractivity (Wildman–Crippen MR) is 66.4 cm³/mol. The third-order valence-electron chi connectivity index (χ3n) is 2.19. The molecule has 0 aromatic rings. The largest absolute Gasteiger partial charge is 0.0958 e. The standard InChI is InChI=1S/C14H22/c1-7-8-9-14(12(4)5)10-13(6)11(2)3/h9-10H,2,4,7-8H2,1,3,5-6H3/b13-10+,14-9-. The Bertz CT molecular complexity index is 274. The van der Waals surface area contributed by atoms with Crippen molar-refractivity contribution in [3.05, 3.63) is 47.6 Å². The van der Waals surface area contributed by atoms with Gasteiger partial charge in [-0.2, -0.15) is 0 Å². The van der Waals surface area contributed by atoms with Gasteiger partial charge in [-0.25, -0.2) is 0 Å².